The first-order valence-corrected chi connectivity index (χ1v) is 7.21. The van der Waals surface area contributed by atoms with Gasteiger partial charge in [0.2, 0.25) is 11.8 Å². The minimum Gasteiger partial charge on any atom is -0.378 e. The van der Waals surface area contributed by atoms with Gasteiger partial charge in [-0.2, -0.15) is 0 Å². The van der Waals surface area contributed by atoms with Gasteiger partial charge in [0.05, 0.1) is 30.9 Å². The van der Waals surface area contributed by atoms with Crippen LogP contribution >= 0.6 is 0 Å². The Morgan fingerprint density at radius 2 is 1.95 bits per heavy atom. The molecule has 0 aromatic heterocycles. The van der Waals surface area contributed by atoms with Crippen LogP contribution < -0.4 is 10.6 Å². The predicted octanol–water partition coefficient (Wildman–Crippen LogP) is -0.0140. The Hall–Kier alpha value is -2.41. The van der Waals surface area contributed by atoms with Crippen molar-refractivity contribution in [3.63, 3.8) is 0 Å². The molecule has 2 N–H and O–H groups in total. The number of morpholine rings is 1. The molecule has 2 heterocycles. The van der Waals surface area contributed by atoms with Crippen LogP contribution in [0.5, 0.6) is 0 Å². The number of ether oxygens (including phenoxy) is 1. The van der Waals surface area contributed by atoms with Crippen LogP contribution in [0.4, 0.5) is 5.69 Å². The summed E-state index contributed by atoms with van der Waals surface area (Å²) in [5.74, 6) is -0.886. The molecule has 1 unspecified atom stereocenters. The van der Waals surface area contributed by atoms with Crippen LogP contribution in [0.3, 0.4) is 0 Å². The summed E-state index contributed by atoms with van der Waals surface area (Å²) in [6.45, 7) is 2.03. The second kappa shape index (κ2) is 6.15. The first-order valence-electron chi connectivity index (χ1n) is 7.21. The largest absolute Gasteiger partial charge is 0.378 e. The minimum atomic E-state index is -0.866. The van der Waals surface area contributed by atoms with Crippen molar-refractivity contribution in [1.82, 2.24) is 10.2 Å². The number of benzene rings is 1. The molecule has 0 aliphatic carbocycles. The molecule has 0 radical (unpaired) electrons. The highest BCUT2D eigenvalue weighted by molar-refractivity contribution is 6.10. The predicted molar refractivity (Wildman–Crippen MR) is 78.3 cm³/mol. The van der Waals surface area contributed by atoms with Crippen LogP contribution in [0.25, 0.3) is 0 Å². The van der Waals surface area contributed by atoms with E-state index in [0.29, 0.717) is 37.6 Å². The number of carbonyl (C=O) groups excluding carboxylic acids is 3. The number of hydrogen-bond acceptors (Lipinski definition) is 4. The second-order valence-corrected chi connectivity index (χ2v) is 5.26. The molecule has 1 saturated heterocycles. The maximum absolute atomic E-state index is 12.2. The number of para-hydroxylation sites is 1. The lowest BCUT2D eigenvalue weighted by Crippen LogP contribution is -2.47. The minimum absolute atomic E-state index is 0.0500. The smallest absolute Gasteiger partial charge is 0.254 e. The molecule has 0 bridgehead atoms. The fourth-order valence-electron chi connectivity index (χ4n) is 2.57. The van der Waals surface area contributed by atoms with Gasteiger partial charge in [0.1, 0.15) is 6.04 Å². The van der Waals surface area contributed by atoms with Gasteiger partial charge in [0, 0.05) is 13.1 Å². The van der Waals surface area contributed by atoms with Gasteiger partial charge in [-0.3, -0.25) is 14.4 Å². The Labute approximate surface area is 127 Å². The highest BCUT2D eigenvalue weighted by Gasteiger charge is 2.31. The zero-order valence-corrected chi connectivity index (χ0v) is 12.0. The van der Waals surface area contributed by atoms with Crippen molar-refractivity contribution in [3.8, 4) is 0 Å². The molecule has 2 aliphatic heterocycles. The number of nitrogens with one attached hydrogen (secondary N) is 2. The second-order valence-electron chi connectivity index (χ2n) is 5.26. The first kappa shape index (κ1) is 14.5. The molecule has 116 valence electrons. The Morgan fingerprint density at radius 1 is 1.23 bits per heavy atom. The summed E-state index contributed by atoms with van der Waals surface area (Å²) in [5, 5.41) is 5.32. The highest BCUT2D eigenvalue weighted by Crippen LogP contribution is 2.19. The third-order valence-corrected chi connectivity index (χ3v) is 3.79. The molecular weight excluding hydrogens is 286 g/mol. The summed E-state index contributed by atoms with van der Waals surface area (Å²) in [7, 11) is 0. The van der Waals surface area contributed by atoms with E-state index in [-0.39, 0.29) is 24.1 Å². The summed E-state index contributed by atoms with van der Waals surface area (Å²) in [6, 6.07) is 5.90. The van der Waals surface area contributed by atoms with Crippen molar-refractivity contribution in [2.45, 2.75) is 12.5 Å². The third-order valence-electron chi connectivity index (χ3n) is 3.79. The topological polar surface area (TPSA) is 87.7 Å². The van der Waals surface area contributed by atoms with Crippen LogP contribution in [0.1, 0.15) is 16.8 Å². The van der Waals surface area contributed by atoms with Gasteiger partial charge in [-0.1, -0.05) is 12.1 Å². The number of rotatable bonds is 2. The molecule has 1 atom stereocenters. The van der Waals surface area contributed by atoms with Crippen molar-refractivity contribution in [2.75, 3.05) is 31.6 Å². The summed E-state index contributed by atoms with van der Waals surface area (Å²) in [6.07, 6.45) is -0.0500. The van der Waals surface area contributed by atoms with Crippen LogP contribution in [-0.4, -0.2) is 55.0 Å². The van der Waals surface area contributed by atoms with Crippen LogP contribution in [-0.2, 0) is 14.3 Å². The standard InChI is InChI=1S/C15H17N3O4/c19-13(18-5-7-22-8-6-18)9-12-15(21)16-11-4-2-1-3-10(11)14(20)17-12/h1-4,12H,5-9H2,(H,16,21)(H,17,20). The van der Waals surface area contributed by atoms with Crippen molar-refractivity contribution in [2.24, 2.45) is 0 Å². The number of amides is 3. The van der Waals surface area contributed by atoms with Gasteiger partial charge in [-0.25, -0.2) is 0 Å². The lowest BCUT2D eigenvalue weighted by molar-refractivity contribution is -0.137. The maximum Gasteiger partial charge on any atom is 0.254 e. The third kappa shape index (κ3) is 2.94. The van der Waals surface area contributed by atoms with Gasteiger partial charge in [0.25, 0.3) is 5.91 Å². The van der Waals surface area contributed by atoms with Gasteiger partial charge < -0.3 is 20.3 Å². The van der Waals surface area contributed by atoms with E-state index >= 15 is 0 Å². The van der Waals surface area contributed by atoms with E-state index < -0.39 is 6.04 Å². The summed E-state index contributed by atoms with van der Waals surface area (Å²) in [5.41, 5.74) is 0.864. The van der Waals surface area contributed by atoms with E-state index in [0.717, 1.165) is 0 Å². The van der Waals surface area contributed by atoms with Crippen LogP contribution in [0, 0.1) is 0 Å². The summed E-state index contributed by atoms with van der Waals surface area (Å²) in [4.78, 5) is 38.3. The van der Waals surface area contributed by atoms with Crippen LogP contribution in [0.2, 0.25) is 0 Å². The first-order chi connectivity index (χ1) is 10.6. The SMILES string of the molecule is O=C1NC(CC(=O)N2CCOCC2)C(=O)Nc2ccccc21. The molecule has 2 aliphatic rings. The van der Waals surface area contributed by atoms with Gasteiger partial charge in [-0.15, -0.1) is 0 Å². The molecule has 1 aromatic rings. The van der Waals surface area contributed by atoms with Crippen molar-refractivity contribution < 1.29 is 19.1 Å². The Morgan fingerprint density at radius 3 is 2.73 bits per heavy atom. The average Bonchev–Trinajstić information content (AvgIpc) is 2.66. The van der Waals surface area contributed by atoms with E-state index in [1.54, 1.807) is 29.2 Å². The normalized spacial score (nSPS) is 21.5. The Bertz CT molecular complexity index is 611. The number of carbonyl (C=O) groups is 3. The number of hydrogen-bond donors (Lipinski definition) is 2. The van der Waals surface area contributed by atoms with Gasteiger partial charge >= 0.3 is 0 Å². The molecule has 0 spiro atoms. The average molecular weight is 303 g/mol. The van der Waals surface area contributed by atoms with Crippen molar-refractivity contribution >= 4 is 23.4 Å². The fourth-order valence-corrected chi connectivity index (χ4v) is 2.57. The number of anilines is 1. The van der Waals surface area contributed by atoms with E-state index in [1.165, 1.54) is 0 Å². The van der Waals surface area contributed by atoms with Gasteiger partial charge in [0.15, 0.2) is 0 Å². The Balaban J connectivity index is 1.71. The van der Waals surface area contributed by atoms with Crippen LogP contribution in [0.15, 0.2) is 24.3 Å². The molecule has 3 rings (SSSR count). The van der Waals surface area contributed by atoms with Gasteiger partial charge in [-0.05, 0) is 12.1 Å². The highest BCUT2D eigenvalue weighted by atomic mass is 16.5. The molecule has 7 heteroatoms. The Kier molecular flexibility index (Phi) is 4.06. The number of nitrogens with zero attached hydrogens (tertiary/aromatic N) is 1. The quantitative estimate of drug-likeness (QED) is 0.804. The lowest BCUT2D eigenvalue weighted by atomic mass is 10.1. The van der Waals surface area contributed by atoms with Crippen molar-refractivity contribution in [3.05, 3.63) is 29.8 Å². The maximum atomic E-state index is 12.2. The zero-order valence-electron chi connectivity index (χ0n) is 12.0. The van der Waals surface area contributed by atoms with E-state index in [4.69, 9.17) is 4.74 Å². The summed E-state index contributed by atoms with van der Waals surface area (Å²) >= 11 is 0. The molecule has 22 heavy (non-hydrogen) atoms. The van der Waals surface area contributed by atoms with E-state index in [9.17, 15) is 14.4 Å². The molecule has 1 fully saturated rings. The molecule has 3 amide bonds. The number of fused-ring (bicyclic) bond motifs is 1. The molecule has 1 aromatic carbocycles. The van der Waals surface area contributed by atoms with Crippen molar-refractivity contribution in [1.29, 1.82) is 0 Å². The summed E-state index contributed by atoms with van der Waals surface area (Å²) < 4.78 is 5.20. The fraction of sp³-hybridized carbons (Fsp3) is 0.400. The molecule has 0 saturated carbocycles. The van der Waals surface area contributed by atoms with E-state index in [1.807, 2.05) is 0 Å². The monoisotopic (exact) mass is 303 g/mol. The molecule has 7 nitrogen and oxygen atoms in total. The van der Waals surface area contributed by atoms with E-state index in [2.05, 4.69) is 10.6 Å². The zero-order chi connectivity index (χ0) is 15.5. The molecular formula is C15H17N3O4. The lowest BCUT2D eigenvalue weighted by Gasteiger charge is -2.28.